The van der Waals surface area contributed by atoms with Crippen LogP contribution < -0.4 is 10.6 Å². The number of anilines is 1. The van der Waals surface area contributed by atoms with E-state index in [1.165, 1.54) is 0 Å². The van der Waals surface area contributed by atoms with Gasteiger partial charge in [-0.1, -0.05) is 11.6 Å². The number of aromatic nitrogens is 1. The van der Waals surface area contributed by atoms with Crippen LogP contribution in [0.1, 0.15) is 25.7 Å². The first-order chi connectivity index (χ1) is 15.2. The Morgan fingerprint density at radius 2 is 1.84 bits per heavy atom. The van der Waals surface area contributed by atoms with Crippen LogP contribution in [0.3, 0.4) is 0 Å². The number of fused-ring (bicyclic) bond motifs is 1. The molecule has 1 aromatic carbocycles. The third kappa shape index (κ3) is 5.60. The molecule has 0 unspecified atom stereocenters. The molecule has 4 rings (SSSR count). The fourth-order valence-electron chi connectivity index (χ4n) is 3.97. The minimum Gasteiger partial charge on any atom is -0.335 e. The summed E-state index contributed by atoms with van der Waals surface area (Å²) in [4.78, 5) is 31.0. The highest BCUT2D eigenvalue weighted by Crippen LogP contribution is 2.30. The van der Waals surface area contributed by atoms with Crippen LogP contribution in [0.25, 0.3) is 10.9 Å². The second-order valence-corrected chi connectivity index (χ2v) is 8.52. The Kier molecular flexibility index (Phi) is 6.43. The van der Waals surface area contributed by atoms with E-state index < -0.39 is 12.5 Å². The zero-order valence-electron chi connectivity index (χ0n) is 17.0. The number of ether oxygens (including phenoxy) is 1. The Bertz CT molecular complexity index is 1010. The van der Waals surface area contributed by atoms with Gasteiger partial charge in [0.05, 0.1) is 11.6 Å². The van der Waals surface area contributed by atoms with Gasteiger partial charge >= 0.3 is 12.4 Å². The predicted molar refractivity (Wildman–Crippen MR) is 112 cm³/mol. The molecule has 2 aliphatic rings. The smallest absolute Gasteiger partial charge is 0.335 e. The first kappa shape index (κ1) is 22.6. The van der Waals surface area contributed by atoms with Gasteiger partial charge in [-0.15, -0.1) is 13.2 Å². The van der Waals surface area contributed by atoms with E-state index in [9.17, 15) is 22.8 Å². The summed E-state index contributed by atoms with van der Waals surface area (Å²) in [6.45, 7) is 0.783. The summed E-state index contributed by atoms with van der Waals surface area (Å²) in [5, 5.41) is 7.04. The quantitative estimate of drug-likeness (QED) is 0.697. The lowest BCUT2D eigenvalue weighted by Crippen LogP contribution is -2.54. The first-order valence-electron chi connectivity index (χ1n) is 10.3. The number of nitrogens with zero attached hydrogens (tertiary/aromatic N) is 2. The fourth-order valence-corrected chi connectivity index (χ4v) is 4.15. The highest BCUT2D eigenvalue weighted by atomic mass is 35.5. The van der Waals surface area contributed by atoms with Crippen molar-refractivity contribution >= 4 is 40.3 Å². The highest BCUT2D eigenvalue weighted by Gasteiger charge is 2.41. The topological polar surface area (TPSA) is 83.6 Å². The van der Waals surface area contributed by atoms with Gasteiger partial charge in [0.1, 0.15) is 5.82 Å². The van der Waals surface area contributed by atoms with E-state index >= 15 is 0 Å². The standard InChI is InChI=1S/C21H22ClF3N4O3/c22-14-2-3-17-13(9-14)1-4-18(27-17)28-19(30)12-5-7-29(8-6-12)20(31)26-15-10-16(11-15)32-21(23,24)25/h1-4,9,12,15-16H,5-8,10-11H2,(H,26,31)(H,27,28,30). The molecular formula is C21H22ClF3N4O3. The molecule has 11 heteroatoms. The minimum absolute atomic E-state index is 0.134. The van der Waals surface area contributed by atoms with Crippen molar-refractivity contribution in [1.82, 2.24) is 15.2 Å². The number of nitrogens with one attached hydrogen (secondary N) is 2. The van der Waals surface area contributed by atoms with Crippen molar-refractivity contribution in [3.05, 3.63) is 35.4 Å². The number of pyridine rings is 1. The van der Waals surface area contributed by atoms with Crippen molar-refractivity contribution < 1.29 is 27.5 Å². The van der Waals surface area contributed by atoms with Gasteiger partial charge in [0.2, 0.25) is 5.91 Å². The normalized spacial score (nSPS) is 21.8. The maximum Gasteiger partial charge on any atom is 0.522 e. The molecule has 2 fully saturated rings. The van der Waals surface area contributed by atoms with E-state index in [0.717, 1.165) is 10.9 Å². The molecular weight excluding hydrogens is 449 g/mol. The van der Waals surface area contributed by atoms with Gasteiger partial charge in [-0.2, -0.15) is 0 Å². The number of hydrogen-bond donors (Lipinski definition) is 2. The largest absolute Gasteiger partial charge is 0.522 e. The van der Waals surface area contributed by atoms with E-state index in [-0.39, 0.29) is 36.7 Å². The number of urea groups is 1. The van der Waals surface area contributed by atoms with E-state index in [1.54, 1.807) is 29.2 Å². The summed E-state index contributed by atoms with van der Waals surface area (Å²) in [6, 6.07) is 8.21. The van der Waals surface area contributed by atoms with Gasteiger partial charge in [0.15, 0.2) is 0 Å². The number of rotatable bonds is 4. The van der Waals surface area contributed by atoms with Gasteiger partial charge in [0.25, 0.3) is 0 Å². The highest BCUT2D eigenvalue weighted by molar-refractivity contribution is 6.31. The lowest BCUT2D eigenvalue weighted by atomic mass is 9.89. The van der Waals surface area contributed by atoms with Crippen LogP contribution in [-0.4, -0.2) is 53.4 Å². The second-order valence-electron chi connectivity index (χ2n) is 8.09. The van der Waals surface area contributed by atoms with Crippen molar-refractivity contribution in [2.45, 2.75) is 44.2 Å². The van der Waals surface area contributed by atoms with Crippen LogP contribution in [0, 0.1) is 5.92 Å². The Hall–Kier alpha value is -2.59. The Morgan fingerprint density at radius 1 is 1.12 bits per heavy atom. The monoisotopic (exact) mass is 470 g/mol. The molecule has 3 amide bonds. The van der Waals surface area contributed by atoms with Crippen LogP contribution >= 0.6 is 11.6 Å². The van der Waals surface area contributed by atoms with Crippen LogP contribution in [0.4, 0.5) is 23.8 Å². The third-order valence-corrected chi connectivity index (χ3v) is 6.01. The molecule has 2 heterocycles. The summed E-state index contributed by atoms with van der Waals surface area (Å²) >= 11 is 5.97. The Labute approximate surface area is 187 Å². The molecule has 0 spiro atoms. The van der Waals surface area contributed by atoms with Gasteiger partial charge in [-0.25, -0.2) is 9.78 Å². The van der Waals surface area contributed by atoms with Gasteiger partial charge in [0, 0.05) is 35.5 Å². The summed E-state index contributed by atoms with van der Waals surface area (Å²) in [6.07, 6.45) is -4.31. The SMILES string of the molecule is O=C(Nc1ccc2cc(Cl)ccc2n1)C1CCN(C(=O)NC2CC(OC(F)(F)F)C2)CC1. The molecule has 1 saturated heterocycles. The minimum atomic E-state index is -4.65. The van der Waals surface area contributed by atoms with E-state index in [0.29, 0.717) is 36.8 Å². The van der Waals surface area contributed by atoms with Gasteiger partial charge in [-0.3, -0.25) is 9.53 Å². The Morgan fingerprint density at radius 3 is 2.53 bits per heavy atom. The number of likely N-dealkylation sites (tertiary alicyclic amines) is 1. The number of carbonyl (C=O) groups excluding carboxylic acids is 2. The van der Waals surface area contributed by atoms with Crippen molar-refractivity contribution in [1.29, 1.82) is 0 Å². The van der Waals surface area contributed by atoms with Crippen LogP contribution in [-0.2, 0) is 9.53 Å². The van der Waals surface area contributed by atoms with Crippen molar-refractivity contribution in [2.24, 2.45) is 5.92 Å². The zero-order valence-corrected chi connectivity index (χ0v) is 17.7. The number of piperidine rings is 1. The van der Waals surface area contributed by atoms with Crippen molar-refractivity contribution in [2.75, 3.05) is 18.4 Å². The van der Waals surface area contributed by atoms with E-state index in [2.05, 4.69) is 20.4 Å². The average molecular weight is 471 g/mol. The lowest BCUT2D eigenvalue weighted by molar-refractivity contribution is -0.351. The predicted octanol–water partition coefficient (Wildman–Crippen LogP) is 4.32. The summed E-state index contributed by atoms with van der Waals surface area (Å²) in [7, 11) is 0. The first-order valence-corrected chi connectivity index (χ1v) is 10.7. The molecule has 0 bridgehead atoms. The zero-order chi connectivity index (χ0) is 22.9. The molecule has 1 aliphatic heterocycles. The number of amides is 3. The maximum atomic E-state index is 12.6. The molecule has 172 valence electrons. The molecule has 0 atom stereocenters. The number of carbonyl (C=O) groups is 2. The van der Waals surface area contributed by atoms with Crippen molar-refractivity contribution in [3.63, 3.8) is 0 Å². The Balaban J connectivity index is 1.22. The van der Waals surface area contributed by atoms with Crippen LogP contribution in [0.15, 0.2) is 30.3 Å². The molecule has 1 saturated carbocycles. The second kappa shape index (κ2) is 9.11. The molecule has 2 aromatic rings. The number of halogens is 4. The molecule has 1 aliphatic carbocycles. The molecule has 2 N–H and O–H groups in total. The summed E-state index contributed by atoms with van der Waals surface area (Å²) in [5.74, 6) is 0.0395. The van der Waals surface area contributed by atoms with E-state index in [4.69, 9.17) is 11.6 Å². The van der Waals surface area contributed by atoms with Gasteiger partial charge < -0.3 is 15.5 Å². The molecule has 7 nitrogen and oxygen atoms in total. The van der Waals surface area contributed by atoms with Crippen LogP contribution in [0.5, 0.6) is 0 Å². The van der Waals surface area contributed by atoms with Crippen LogP contribution in [0.2, 0.25) is 5.02 Å². The molecule has 1 aromatic heterocycles. The average Bonchev–Trinajstić information content (AvgIpc) is 2.71. The lowest BCUT2D eigenvalue weighted by Gasteiger charge is -2.38. The maximum absolute atomic E-state index is 12.6. The van der Waals surface area contributed by atoms with E-state index in [1.807, 2.05) is 6.07 Å². The van der Waals surface area contributed by atoms with Crippen molar-refractivity contribution in [3.8, 4) is 0 Å². The number of benzene rings is 1. The molecule has 32 heavy (non-hydrogen) atoms. The fraction of sp³-hybridized carbons (Fsp3) is 0.476. The summed E-state index contributed by atoms with van der Waals surface area (Å²) in [5.41, 5.74) is 0.720. The number of alkyl halides is 3. The van der Waals surface area contributed by atoms with Gasteiger partial charge in [-0.05, 0) is 56.0 Å². The molecule has 0 radical (unpaired) electrons. The summed E-state index contributed by atoms with van der Waals surface area (Å²) < 4.78 is 40.4. The number of hydrogen-bond acceptors (Lipinski definition) is 4. The third-order valence-electron chi connectivity index (χ3n) is 5.78.